The number of carbonyl (C=O) groups excluding carboxylic acids is 2. The van der Waals surface area contributed by atoms with Crippen LogP contribution in [0.1, 0.15) is 38.5 Å². The lowest BCUT2D eigenvalue weighted by molar-refractivity contribution is -0.157. The molecule has 4 atom stereocenters. The molecule has 2 rings (SSSR count). The predicted molar refractivity (Wildman–Crippen MR) is 94.1 cm³/mol. The van der Waals surface area contributed by atoms with Gasteiger partial charge in [0.25, 0.3) is 5.56 Å². The molecule has 1 aliphatic rings. The van der Waals surface area contributed by atoms with Crippen molar-refractivity contribution < 1.29 is 23.8 Å². The van der Waals surface area contributed by atoms with Crippen LogP contribution in [0.25, 0.3) is 0 Å². The quantitative estimate of drug-likeness (QED) is 0.521. The molecule has 10 heteroatoms. The normalized spacial score (nSPS) is 25.1. The van der Waals surface area contributed by atoms with Crippen molar-refractivity contribution in [2.75, 3.05) is 6.61 Å². The Morgan fingerprint density at radius 3 is 2.54 bits per heavy atom. The van der Waals surface area contributed by atoms with Crippen molar-refractivity contribution in [3.63, 3.8) is 0 Å². The van der Waals surface area contributed by atoms with Gasteiger partial charge in [-0.15, -0.1) is 0 Å². The highest BCUT2D eigenvalue weighted by Crippen LogP contribution is 2.36. The van der Waals surface area contributed by atoms with Gasteiger partial charge in [-0.1, -0.05) is 29.8 Å². The molecule has 0 aromatic carbocycles. The summed E-state index contributed by atoms with van der Waals surface area (Å²) in [5, 5.41) is 0. The standard InChI is InChI=1S/C16H21BrN2O7/c1-4-10(20)24-7-9-13(26-11(21)5-2)12(17)15(25-9)19-6-8(3)14(22)18-16(19)23/h6,9,12-13,15H,4-5,7H2,1-3H3,(H,18,22,23)/t9-,12-,13-,15-/m1/s1. The minimum atomic E-state index is -0.849. The van der Waals surface area contributed by atoms with Crippen LogP contribution in [0, 0.1) is 6.92 Å². The van der Waals surface area contributed by atoms with Crippen molar-refractivity contribution in [3.05, 3.63) is 32.6 Å². The van der Waals surface area contributed by atoms with E-state index >= 15 is 0 Å². The number of aryl methyl sites for hydroxylation is 1. The first kappa shape index (κ1) is 20.4. The molecule has 1 aliphatic heterocycles. The van der Waals surface area contributed by atoms with Crippen LogP contribution in [-0.2, 0) is 23.8 Å². The van der Waals surface area contributed by atoms with E-state index in [2.05, 4.69) is 20.9 Å². The molecule has 0 unspecified atom stereocenters. The average Bonchev–Trinajstić information content (AvgIpc) is 2.91. The summed E-state index contributed by atoms with van der Waals surface area (Å²) in [4.78, 5) is 48.5. The monoisotopic (exact) mass is 432 g/mol. The van der Waals surface area contributed by atoms with Crippen molar-refractivity contribution in [3.8, 4) is 0 Å². The van der Waals surface area contributed by atoms with Gasteiger partial charge in [0.05, 0.1) is 4.83 Å². The molecule has 0 radical (unpaired) electrons. The van der Waals surface area contributed by atoms with Crippen LogP contribution in [0.15, 0.2) is 15.8 Å². The molecule has 1 N–H and O–H groups in total. The fraction of sp³-hybridized carbons (Fsp3) is 0.625. The van der Waals surface area contributed by atoms with Gasteiger partial charge >= 0.3 is 17.6 Å². The summed E-state index contributed by atoms with van der Waals surface area (Å²) >= 11 is 3.41. The van der Waals surface area contributed by atoms with Gasteiger partial charge in [0.15, 0.2) is 6.23 Å². The highest BCUT2D eigenvalue weighted by Gasteiger charge is 2.47. The Hall–Kier alpha value is -1.94. The first-order valence-corrected chi connectivity index (χ1v) is 9.16. The second kappa shape index (κ2) is 8.63. The van der Waals surface area contributed by atoms with Crippen LogP contribution in [0.4, 0.5) is 0 Å². The Morgan fingerprint density at radius 2 is 1.92 bits per heavy atom. The number of alkyl halides is 1. The third-order valence-corrected chi connectivity index (χ3v) is 4.91. The van der Waals surface area contributed by atoms with Crippen LogP contribution in [-0.4, -0.2) is 45.1 Å². The maximum atomic E-state index is 12.1. The average molecular weight is 433 g/mol. The fourth-order valence-electron chi connectivity index (χ4n) is 2.48. The van der Waals surface area contributed by atoms with Crippen LogP contribution in [0.2, 0.25) is 0 Å². The minimum absolute atomic E-state index is 0.121. The molecule has 1 aromatic rings. The molecule has 2 heterocycles. The van der Waals surface area contributed by atoms with Crippen LogP contribution < -0.4 is 11.2 Å². The number of aromatic nitrogens is 2. The van der Waals surface area contributed by atoms with Crippen molar-refractivity contribution in [1.29, 1.82) is 0 Å². The third kappa shape index (κ3) is 4.42. The van der Waals surface area contributed by atoms with E-state index in [4.69, 9.17) is 14.2 Å². The van der Waals surface area contributed by atoms with E-state index in [0.29, 0.717) is 5.56 Å². The summed E-state index contributed by atoms with van der Waals surface area (Å²) in [5.74, 6) is -0.860. The lowest BCUT2D eigenvalue weighted by Crippen LogP contribution is -2.38. The van der Waals surface area contributed by atoms with Gasteiger partial charge in [-0.05, 0) is 6.92 Å². The van der Waals surface area contributed by atoms with E-state index in [-0.39, 0.29) is 19.4 Å². The smallest absolute Gasteiger partial charge is 0.330 e. The zero-order valence-electron chi connectivity index (χ0n) is 14.7. The number of esters is 2. The number of rotatable bonds is 6. The lowest BCUT2D eigenvalue weighted by Gasteiger charge is -2.20. The van der Waals surface area contributed by atoms with E-state index < -0.39 is 46.5 Å². The molecule has 0 amide bonds. The van der Waals surface area contributed by atoms with E-state index in [1.807, 2.05) is 0 Å². The Labute approximate surface area is 157 Å². The lowest BCUT2D eigenvalue weighted by atomic mass is 10.2. The molecule has 9 nitrogen and oxygen atoms in total. The zero-order chi connectivity index (χ0) is 19.4. The molecule has 0 spiro atoms. The molecule has 1 saturated heterocycles. The number of ether oxygens (including phenoxy) is 3. The number of hydrogen-bond donors (Lipinski definition) is 1. The molecule has 0 saturated carbocycles. The summed E-state index contributed by atoms with van der Waals surface area (Å²) in [5.41, 5.74) is -0.810. The molecule has 1 aromatic heterocycles. The molecule has 0 aliphatic carbocycles. The van der Waals surface area contributed by atoms with Crippen molar-refractivity contribution in [2.45, 2.75) is 56.9 Å². The van der Waals surface area contributed by atoms with E-state index in [1.54, 1.807) is 20.8 Å². The minimum Gasteiger partial charge on any atom is -0.463 e. The highest BCUT2D eigenvalue weighted by atomic mass is 79.9. The predicted octanol–water partition coefficient (Wildman–Crippen LogP) is 0.781. The second-order valence-corrected chi connectivity index (χ2v) is 6.89. The van der Waals surface area contributed by atoms with E-state index in [1.165, 1.54) is 10.8 Å². The van der Waals surface area contributed by atoms with Gasteiger partial charge in [0.2, 0.25) is 0 Å². The fourth-order valence-corrected chi connectivity index (χ4v) is 3.31. The Kier molecular flexibility index (Phi) is 6.76. The molecular weight excluding hydrogens is 412 g/mol. The van der Waals surface area contributed by atoms with Crippen molar-refractivity contribution >= 4 is 27.9 Å². The van der Waals surface area contributed by atoms with Crippen molar-refractivity contribution in [1.82, 2.24) is 9.55 Å². The molecule has 1 fully saturated rings. The summed E-state index contributed by atoms with van der Waals surface area (Å²) in [6.45, 7) is 4.75. The number of aromatic amines is 1. The van der Waals surface area contributed by atoms with E-state index in [0.717, 1.165) is 0 Å². The third-order valence-electron chi connectivity index (χ3n) is 3.94. The summed E-state index contributed by atoms with van der Waals surface area (Å²) < 4.78 is 17.6. The topological polar surface area (TPSA) is 117 Å². The number of hydrogen-bond acceptors (Lipinski definition) is 7. The Bertz CT molecular complexity index is 788. The number of nitrogens with zero attached hydrogens (tertiary/aromatic N) is 1. The van der Waals surface area contributed by atoms with Gasteiger partial charge < -0.3 is 14.2 Å². The van der Waals surface area contributed by atoms with Gasteiger partial charge in [0.1, 0.15) is 18.8 Å². The molecule has 26 heavy (non-hydrogen) atoms. The summed E-state index contributed by atoms with van der Waals surface area (Å²) in [7, 11) is 0. The van der Waals surface area contributed by atoms with Crippen LogP contribution >= 0.6 is 15.9 Å². The number of halogens is 1. The molecule has 144 valence electrons. The maximum absolute atomic E-state index is 12.1. The van der Waals surface area contributed by atoms with Gasteiger partial charge in [-0.25, -0.2) is 4.79 Å². The number of H-pyrrole nitrogens is 1. The van der Waals surface area contributed by atoms with Crippen LogP contribution in [0.5, 0.6) is 0 Å². The number of carbonyl (C=O) groups is 2. The highest BCUT2D eigenvalue weighted by molar-refractivity contribution is 9.09. The zero-order valence-corrected chi connectivity index (χ0v) is 16.3. The van der Waals surface area contributed by atoms with Gasteiger partial charge in [-0.3, -0.25) is 23.9 Å². The SMILES string of the molecule is CCC(=O)OC[C@H]1O[C@@H](n2cc(C)c(=O)[nH]c2=O)[C@H](Br)[C@@H]1OC(=O)CC. The van der Waals surface area contributed by atoms with Gasteiger partial charge in [-0.2, -0.15) is 0 Å². The number of nitrogens with one attached hydrogen (secondary N) is 1. The Balaban J connectivity index is 2.30. The molecular formula is C16H21BrN2O7. The van der Waals surface area contributed by atoms with E-state index in [9.17, 15) is 19.2 Å². The van der Waals surface area contributed by atoms with Crippen molar-refractivity contribution in [2.24, 2.45) is 0 Å². The maximum Gasteiger partial charge on any atom is 0.330 e. The largest absolute Gasteiger partial charge is 0.463 e. The molecule has 0 bridgehead atoms. The summed E-state index contributed by atoms with van der Waals surface area (Å²) in [6, 6.07) is 0. The van der Waals surface area contributed by atoms with Gasteiger partial charge in [0, 0.05) is 24.6 Å². The Morgan fingerprint density at radius 1 is 1.27 bits per heavy atom. The van der Waals surface area contributed by atoms with Crippen LogP contribution in [0.3, 0.4) is 0 Å². The first-order chi connectivity index (χ1) is 12.3. The second-order valence-electron chi connectivity index (χ2n) is 5.83. The first-order valence-electron chi connectivity index (χ1n) is 8.25. The summed E-state index contributed by atoms with van der Waals surface area (Å²) in [6.07, 6.45) is -0.630.